The average Bonchev–Trinajstić information content (AvgIpc) is 3.13. The number of esters is 1. The molecule has 0 fully saturated rings. The minimum absolute atomic E-state index is 0.343. The van der Waals surface area contributed by atoms with Crippen molar-refractivity contribution in [3.8, 4) is 0 Å². The monoisotopic (exact) mass is 347 g/mol. The summed E-state index contributed by atoms with van der Waals surface area (Å²) in [7, 11) is 1.38. The Morgan fingerprint density at radius 2 is 2.22 bits per heavy atom. The maximum Gasteiger partial charge on any atom is 0.337 e. The normalized spacial score (nSPS) is 11.1. The molecule has 0 radical (unpaired) electrons. The lowest BCUT2D eigenvalue weighted by atomic mass is 10.2. The maximum atomic E-state index is 11.7. The van der Waals surface area contributed by atoms with Gasteiger partial charge in [0.05, 0.1) is 34.4 Å². The van der Waals surface area contributed by atoms with E-state index >= 15 is 0 Å². The van der Waals surface area contributed by atoms with Crippen LogP contribution < -0.4 is 0 Å². The van der Waals surface area contributed by atoms with Gasteiger partial charge in [-0.15, -0.1) is 11.3 Å². The number of methoxy groups -OCH3 is 1. The summed E-state index contributed by atoms with van der Waals surface area (Å²) in [4.78, 5) is 20.8. The van der Waals surface area contributed by atoms with Crippen LogP contribution in [0.2, 0.25) is 0 Å². The number of carbonyl (C=O) groups excluding carboxylic acids is 1. The predicted molar refractivity (Wildman–Crippen MR) is 93.2 cm³/mol. The number of aryl methyl sites for hydroxylation is 2. The van der Waals surface area contributed by atoms with Gasteiger partial charge in [0.25, 0.3) is 0 Å². The topological polar surface area (TPSA) is 57.0 Å². The molecule has 0 N–H and O–H groups in total. The van der Waals surface area contributed by atoms with E-state index in [9.17, 15) is 4.79 Å². The third-order valence-corrected chi connectivity index (χ3v) is 5.30. The quantitative estimate of drug-likeness (QED) is 0.517. The van der Waals surface area contributed by atoms with Crippen molar-refractivity contribution in [3.05, 3.63) is 39.8 Å². The summed E-state index contributed by atoms with van der Waals surface area (Å²) in [6.45, 7) is 4.92. The molecule has 0 aliphatic carbocycles. The zero-order valence-corrected chi connectivity index (χ0v) is 14.8. The fraction of sp³-hybridized carbons (Fsp3) is 0.312. The second-order valence-corrected chi connectivity index (χ2v) is 6.98. The van der Waals surface area contributed by atoms with Gasteiger partial charge < -0.3 is 9.30 Å². The van der Waals surface area contributed by atoms with Crippen LogP contribution in [0, 0.1) is 6.92 Å². The van der Waals surface area contributed by atoms with E-state index in [0.717, 1.165) is 39.2 Å². The summed E-state index contributed by atoms with van der Waals surface area (Å²) in [5, 5.41) is 4.10. The highest BCUT2D eigenvalue weighted by Crippen LogP contribution is 2.28. The van der Waals surface area contributed by atoms with Gasteiger partial charge >= 0.3 is 5.97 Å². The fourth-order valence-electron chi connectivity index (χ4n) is 2.38. The molecule has 0 aliphatic heterocycles. The Morgan fingerprint density at radius 1 is 1.39 bits per heavy atom. The van der Waals surface area contributed by atoms with E-state index in [4.69, 9.17) is 4.74 Å². The molecule has 1 aromatic carbocycles. The largest absolute Gasteiger partial charge is 0.465 e. The van der Waals surface area contributed by atoms with Crippen LogP contribution in [0.1, 0.15) is 28.0 Å². The van der Waals surface area contributed by atoms with E-state index in [0.29, 0.717) is 5.56 Å². The number of fused-ring (bicyclic) bond motifs is 1. The molecule has 0 saturated heterocycles. The van der Waals surface area contributed by atoms with E-state index in [2.05, 4.69) is 26.8 Å². The molecule has 0 spiro atoms. The molecule has 0 saturated carbocycles. The zero-order chi connectivity index (χ0) is 16.4. The summed E-state index contributed by atoms with van der Waals surface area (Å²) in [5.41, 5.74) is 3.43. The van der Waals surface area contributed by atoms with Gasteiger partial charge in [-0.2, -0.15) is 0 Å². The Bertz CT molecular complexity index is 854. The molecule has 0 bridgehead atoms. The first-order chi connectivity index (χ1) is 11.1. The van der Waals surface area contributed by atoms with Crippen LogP contribution in [0.3, 0.4) is 0 Å². The first-order valence-electron chi connectivity index (χ1n) is 7.24. The van der Waals surface area contributed by atoms with Gasteiger partial charge in [-0.3, -0.25) is 0 Å². The number of nitrogens with zero attached hydrogens (tertiary/aromatic N) is 3. The summed E-state index contributed by atoms with van der Waals surface area (Å²) in [6.07, 6.45) is 0. The molecular formula is C16H17N3O2S2. The third-order valence-electron chi connectivity index (χ3n) is 3.47. The number of hydrogen-bond acceptors (Lipinski definition) is 6. The molecule has 23 heavy (non-hydrogen) atoms. The highest BCUT2D eigenvalue weighted by atomic mass is 32.2. The van der Waals surface area contributed by atoms with E-state index in [-0.39, 0.29) is 5.97 Å². The van der Waals surface area contributed by atoms with Crippen molar-refractivity contribution in [2.24, 2.45) is 0 Å². The molecule has 2 aromatic heterocycles. The second-order valence-electron chi connectivity index (χ2n) is 4.98. The molecule has 0 atom stereocenters. The van der Waals surface area contributed by atoms with E-state index in [1.807, 2.05) is 13.0 Å². The first-order valence-corrected chi connectivity index (χ1v) is 9.11. The highest BCUT2D eigenvalue weighted by molar-refractivity contribution is 7.98. The Morgan fingerprint density at radius 3 is 2.87 bits per heavy atom. The lowest BCUT2D eigenvalue weighted by Gasteiger charge is -2.05. The molecule has 0 aliphatic rings. The highest BCUT2D eigenvalue weighted by Gasteiger charge is 2.14. The average molecular weight is 347 g/mol. The lowest BCUT2D eigenvalue weighted by Crippen LogP contribution is -2.01. The third kappa shape index (κ3) is 3.25. The fourth-order valence-corrected chi connectivity index (χ4v) is 4.07. The SMILES string of the molecule is CCn1c(SCc2csc(C)n2)nc2cc(C(=O)OC)ccc21. The Kier molecular flexibility index (Phi) is 4.68. The Hall–Kier alpha value is -1.86. The van der Waals surface area contributed by atoms with Crippen LogP contribution in [-0.4, -0.2) is 27.6 Å². The Balaban J connectivity index is 1.91. The minimum Gasteiger partial charge on any atom is -0.465 e. The van der Waals surface area contributed by atoms with Crippen molar-refractivity contribution in [1.29, 1.82) is 0 Å². The van der Waals surface area contributed by atoms with Crippen molar-refractivity contribution < 1.29 is 9.53 Å². The summed E-state index contributed by atoms with van der Waals surface area (Å²) in [5.74, 6) is 0.447. The maximum absolute atomic E-state index is 11.7. The zero-order valence-electron chi connectivity index (χ0n) is 13.2. The van der Waals surface area contributed by atoms with Gasteiger partial charge in [-0.05, 0) is 32.0 Å². The van der Waals surface area contributed by atoms with Crippen LogP contribution in [-0.2, 0) is 17.0 Å². The van der Waals surface area contributed by atoms with Crippen molar-refractivity contribution in [3.63, 3.8) is 0 Å². The van der Waals surface area contributed by atoms with Gasteiger partial charge in [0, 0.05) is 17.7 Å². The number of thiazole rings is 1. The van der Waals surface area contributed by atoms with E-state index in [1.54, 1.807) is 35.2 Å². The molecular weight excluding hydrogens is 330 g/mol. The van der Waals surface area contributed by atoms with Gasteiger partial charge in [0.1, 0.15) is 0 Å². The molecule has 5 nitrogen and oxygen atoms in total. The van der Waals surface area contributed by atoms with Crippen LogP contribution >= 0.6 is 23.1 Å². The number of benzene rings is 1. The summed E-state index contributed by atoms with van der Waals surface area (Å²) < 4.78 is 6.92. The number of ether oxygens (including phenoxy) is 1. The second kappa shape index (κ2) is 6.72. The van der Waals surface area contributed by atoms with E-state index < -0.39 is 0 Å². The molecule has 120 valence electrons. The van der Waals surface area contributed by atoms with Gasteiger partial charge in [-0.1, -0.05) is 11.8 Å². The molecule has 0 unspecified atom stereocenters. The standard InChI is InChI=1S/C16H17N3O2S2/c1-4-19-14-6-5-11(15(20)21-3)7-13(14)18-16(19)23-9-12-8-22-10(2)17-12/h5-8H,4,9H2,1-3H3. The van der Waals surface area contributed by atoms with Crippen molar-refractivity contribution in [1.82, 2.24) is 14.5 Å². The Labute approximate surface area is 142 Å². The number of rotatable bonds is 5. The lowest BCUT2D eigenvalue weighted by molar-refractivity contribution is 0.0601. The van der Waals surface area contributed by atoms with Crippen LogP contribution in [0.15, 0.2) is 28.7 Å². The minimum atomic E-state index is -0.343. The number of carbonyl (C=O) groups is 1. The number of hydrogen-bond donors (Lipinski definition) is 0. The molecule has 3 rings (SSSR count). The van der Waals surface area contributed by atoms with Gasteiger partial charge in [0.2, 0.25) is 0 Å². The molecule has 2 heterocycles. The van der Waals surface area contributed by atoms with Gasteiger partial charge in [-0.25, -0.2) is 14.8 Å². The smallest absolute Gasteiger partial charge is 0.337 e. The summed E-state index contributed by atoms with van der Waals surface area (Å²) in [6, 6.07) is 5.49. The van der Waals surface area contributed by atoms with Crippen molar-refractivity contribution in [2.75, 3.05) is 7.11 Å². The number of thioether (sulfide) groups is 1. The van der Waals surface area contributed by atoms with Gasteiger partial charge in [0.15, 0.2) is 5.16 Å². The molecule has 0 amide bonds. The van der Waals surface area contributed by atoms with Crippen LogP contribution in [0.4, 0.5) is 0 Å². The van der Waals surface area contributed by atoms with Crippen molar-refractivity contribution in [2.45, 2.75) is 31.3 Å². The molecule has 3 aromatic rings. The summed E-state index contributed by atoms with van der Waals surface area (Å²) >= 11 is 3.32. The number of aromatic nitrogens is 3. The van der Waals surface area contributed by atoms with Crippen molar-refractivity contribution >= 4 is 40.1 Å². The van der Waals surface area contributed by atoms with Crippen LogP contribution in [0.25, 0.3) is 11.0 Å². The van der Waals surface area contributed by atoms with E-state index in [1.165, 1.54) is 7.11 Å². The molecule has 7 heteroatoms. The predicted octanol–water partition coefficient (Wildman–Crippen LogP) is 3.90. The number of imidazole rings is 1. The first kappa shape index (κ1) is 16.0. The van der Waals surface area contributed by atoms with Crippen LogP contribution in [0.5, 0.6) is 0 Å².